The zero-order chi connectivity index (χ0) is 7.07. The van der Waals surface area contributed by atoms with Gasteiger partial charge in [-0.15, -0.1) is 0 Å². The standard InChI is InChI=1S/2C5H5.BrH.V/c2*1-2-4-5-3-1;;/h2*1-5H;1H;/q;;;+4/p-1. The second-order valence-electron chi connectivity index (χ2n) is 1.92. The molecule has 2 fully saturated rings. The molecule has 0 aromatic rings. The summed E-state index contributed by atoms with van der Waals surface area (Å²) in [4.78, 5) is 0. The third-order valence-electron chi connectivity index (χ3n) is 1.11. The third kappa shape index (κ3) is 9.15. The van der Waals surface area contributed by atoms with Gasteiger partial charge in [0.05, 0.1) is 0 Å². The minimum absolute atomic E-state index is 0. The summed E-state index contributed by atoms with van der Waals surface area (Å²) in [6.07, 6.45) is 20.0. The van der Waals surface area contributed by atoms with Gasteiger partial charge in [0.2, 0.25) is 0 Å². The Morgan fingerprint density at radius 1 is 0.333 bits per heavy atom. The van der Waals surface area contributed by atoms with E-state index in [0.717, 1.165) is 0 Å². The van der Waals surface area contributed by atoms with E-state index in [4.69, 9.17) is 0 Å². The molecule has 2 heteroatoms. The summed E-state index contributed by atoms with van der Waals surface area (Å²) in [6, 6.07) is 0. The molecule has 0 aliphatic heterocycles. The fourth-order valence-corrected chi connectivity index (χ4v) is 0.642. The van der Waals surface area contributed by atoms with Crippen LogP contribution in [0.1, 0.15) is 0 Å². The van der Waals surface area contributed by atoms with Gasteiger partial charge >= 0.3 is 18.6 Å². The van der Waals surface area contributed by atoms with Crippen molar-refractivity contribution in [2.75, 3.05) is 0 Å². The van der Waals surface area contributed by atoms with Gasteiger partial charge in [-0.3, -0.25) is 0 Å². The number of hydrogen-bond donors (Lipinski definition) is 0. The minimum atomic E-state index is 0. The Kier molecular flexibility index (Phi) is 15.6. The van der Waals surface area contributed by atoms with Gasteiger partial charge in [0.25, 0.3) is 0 Å². The largest absolute Gasteiger partial charge is 4.00 e. The summed E-state index contributed by atoms with van der Waals surface area (Å²) in [5.41, 5.74) is 0. The number of hydrogen-bond acceptors (Lipinski definition) is 0. The maximum Gasteiger partial charge on any atom is 4.00 e. The number of rotatable bonds is 0. The molecule has 0 atom stereocenters. The zero-order valence-electron chi connectivity index (χ0n) is 6.60. The Labute approximate surface area is 99.5 Å². The zero-order valence-corrected chi connectivity index (χ0v) is 9.58. The van der Waals surface area contributed by atoms with Crippen LogP contribution in [0.4, 0.5) is 0 Å². The normalized spacial score (nSPS) is 20.0. The molecule has 0 aromatic heterocycles. The van der Waals surface area contributed by atoms with Crippen molar-refractivity contribution in [3.05, 3.63) is 64.2 Å². The maximum atomic E-state index is 2.00. The van der Waals surface area contributed by atoms with E-state index in [1.54, 1.807) is 0 Å². The van der Waals surface area contributed by atoms with Crippen molar-refractivity contribution in [3.8, 4) is 0 Å². The van der Waals surface area contributed by atoms with Crippen LogP contribution >= 0.6 is 0 Å². The van der Waals surface area contributed by atoms with Crippen molar-refractivity contribution >= 4 is 0 Å². The topological polar surface area (TPSA) is 0 Å². The monoisotopic (exact) mass is 260 g/mol. The van der Waals surface area contributed by atoms with E-state index in [1.807, 2.05) is 64.2 Å². The average Bonchev–Trinajstić information content (AvgIpc) is 2.67. The Bertz CT molecular complexity index is 43.0. The molecule has 0 nitrogen and oxygen atoms in total. The molecular formula is C10H10BrV+3. The van der Waals surface area contributed by atoms with Gasteiger partial charge in [0.1, 0.15) is 0 Å². The summed E-state index contributed by atoms with van der Waals surface area (Å²) in [6.45, 7) is 0. The first-order chi connectivity index (χ1) is 5.00. The van der Waals surface area contributed by atoms with Crippen LogP contribution in [-0.2, 0) is 18.6 Å². The van der Waals surface area contributed by atoms with Gasteiger partial charge < -0.3 is 17.0 Å². The van der Waals surface area contributed by atoms with Crippen molar-refractivity contribution in [1.82, 2.24) is 0 Å². The summed E-state index contributed by atoms with van der Waals surface area (Å²) in [7, 11) is 0. The summed E-state index contributed by atoms with van der Waals surface area (Å²) < 4.78 is 0. The van der Waals surface area contributed by atoms with E-state index < -0.39 is 0 Å². The van der Waals surface area contributed by atoms with Gasteiger partial charge in [-0.1, -0.05) is 0 Å². The Hall–Kier alpha value is 1.06. The van der Waals surface area contributed by atoms with Gasteiger partial charge in [0.15, 0.2) is 0 Å². The van der Waals surface area contributed by atoms with Crippen molar-refractivity contribution in [1.29, 1.82) is 0 Å². The van der Waals surface area contributed by atoms with Crippen LogP contribution in [-0.4, -0.2) is 0 Å². The van der Waals surface area contributed by atoms with Crippen molar-refractivity contribution in [3.63, 3.8) is 0 Å². The van der Waals surface area contributed by atoms with Crippen LogP contribution in [0.15, 0.2) is 0 Å². The van der Waals surface area contributed by atoms with Gasteiger partial charge in [-0.2, -0.15) is 0 Å². The summed E-state index contributed by atoms with van der Waals surface area (Å²) in [5, 5.41) is 0. The molecule has 0 saturated heterocycles. The molecule has 0 spiro atoms. The third-order valence-corrected chi connectivity index (χ3v) is 1.11. The molecule has 12 heavy (non-hydrogen) atoms. The molecule has 0 N–H and O–H groups in total. The second kappa shape index (κ2) is 12.1. The fraction of sp³-hybridized carbons (Fsp3) is 0. The van der Waals surface area contributed by atoms with Crippen LogP contribution in [0.2, 0.25) is 0 Å². The Morgan fingerprint density at radius 2 is 0.417 bits per heavy atom. The molecule has 0 heterocycles. The Morgan fingerprint density at radius 3 is 0.500 bits per heavy atom. The van der Waals surface area contributed by atoms with Crippen LogP contribution < -0.4 is 17.0 Å². The molecule has 2 rings (SSSR count). The number of halogens is 1. The van der Waals surface area contributed by atoms with Gasteiger partial charge in [-0.25, -0.2) is 0 Å². The van der Waals surface area contributed by atoms with Crippen molar-refractivity contribution in [2.45, 2.75) is 0 Å². The molecular weight excluding hydrogens is 251 g/mol. The predicted molar refractivity (Wildman–Crippen MR) is 43.0 cm³/mol. The van der Waals surface area contributed by atoms with E-state index in [0.29, 0.717) is 0 Å². The fourth-order valence-electron chi connectivity index (χ4n) is 0.642. The predicted octanol–water partition coefficient (Wildman–Crippen LogP) is -0.956. The molecule has 0 aromatic carbocycles. The van der Waals surface area contributed by atoms with E-state index in [2.05, 4.69) is 0 Å². The molecule has 59 valence electrons. The van der Waals surface area contributed by atoms with Crippen LogP contribution in [0.25, 0.3) is 0 Å². The van der Waals surface area contributed by atoms with E-state index in [-0.39, 0.29) is 35.5 Å². The van der Waals surface area contributed by atoms with Gasteiger partial charge in [0, 0.05) is 0 Å². The van der Waals surface area contributed by atoms with E-state index in [9.17, 15) is 0 Å². The molecule has 0 bridgehead atoms. The molecule has 2 aliphatic rings. The van der Waals surface area contributed by atoms with E-state index in [1.165, 1.54) is 0 Å². The molecule has 0 unspecified atom stereocenters. The summed E-state index contributed by atoms with van der Waals surface area (Å²) in [5.74, 6) is 0. The molecule has 0 amide bonds. The molecule has 2 saturated carbocycles. The van der Waals surface area contributed by atoms with Crippen LogP contribution in [0, 0.1) is 64.2 Å². The quantitative estimate of drug-likeness (QED) is 0.527. The Balaban J connectivity index is 0. The van der Waals surface area contributed by atoms with Crippen LogP contribution in [0.5, 0.6) is 0 Å². The summed E-state index contributed by atoms with van der Waals surface area (Å²) >= 11 is 0. The smallest absolute Gasteiger partial charge is 1.00 e. The second-order valence-corrected chi connectivity index (χ2v) is 1.92. The van der Waals surface area contributed by atoms with E-state index >= 15 is 0 Å². The van der Waals surface area contributed by atoms with Crippen molar-refractivity contribution < 1.29 is 35.5 Å². The molecule has 2 aliphatic carbocycles. The van der Waals surface area contributed by atoms with Crippen molar-refractivity contribution in [2.24, 2.45) is 0 Å². The van der Waals surface area contributed by atoms with Crippen LogP contribution in [0.3, 0.4) is 0 Å². The SMILES string of the molecule is [Br-].[CH]1[CH][CH][CH][CH]1.[CH]1[CH][CH][CH][CH]1.[V+4]. The minimum Gasteiger partial charge on any atom is -1.00 e. The average molecular weight is 261 g/mol. The maximum absolute atomic E-state index is 2.00. The molecule has 11 radical (unpaired) electrons. The first-order valence-corrected chi connectivity index (χ1v) is 3.33. The first kappa shape index (κ1) is 15.5. The first-order valence-electron chi connectivity index (χ1n) is 3.33. The van der Waals surface area contributed by atoms with Gasteiger partial charge in [-0.05, 0) is 64.2 Å².